The molecule has 1 N–H and O–H groups in total. The molecule has 2 aliphatic rings. The molecule has 1 aromatic rings. The predicted octanol–water partition coefficient (Wildman–Crippen LogP) is 2.71. The summed E-state index contributed by atoms with van der Waals surface area (Å²) in [5, 5.41) is 10.6. The van der Waals surface area contributed by atoms with Gasteiger partial charge in [-0.05, 0) is 44.5 Å². The highest BCUT2D eigenvalue weighted by molar-refractivity contribution is 6.30. The number of hydrogen-bond donors (Lipinski definition) is 1. The van der Waals surface area contributed by atoms with Crippen molar-refractivity contribution < 1.29 is 5.11 Å². The first kappa shape index (κ1) is 13.2. The minimum Gasteiger partial charge on any atom is -0.508 e. The van der Waals surface area contributed by atoms with Gasteiger partial charge in [0.15, 0.2) is 0 Å². The molecular formula is C15H21ClN2O. The second-order valence-electron chi connectivity index (χ2n) is 5.85. The molecule has 2 fully saturated rings. The van der Waals surface area contributed by atoms with Gasteiger partial charge in [-0.1, -0.05) is 11.6 Å². The van der Waals surface area contributed by atoms with E-state index in [0.717, 1.165) is 31.2 Å². The number of likely N-dealkylation sites (N-methyl/N-ethyl adjacent to an activating group) is 1. The standard InChI is InChI=1S/C15H21ClN2O/c1-17-13-3-4-14(17)10-18(7-6-13)9-11-8-12(16)2-5-15(11)19/h2,5,8,13-14,19H,3-4,6-7,9-10H2,1H3. The molecule has 3 nitrogen and oxygen atoms in total. The molecule has 2 atom stereocenters. The lowest BCUT2D eigenvalue weighted by molar-refractivity contribution is 0.213. The van der Waals surface area contributed by atoms with Gasteiger partial charge in [-0.3, -0.25) is 9.80 Å². The summed E-state index contributed by atoms with van der Waals surface area (Å²) in [6, 6.07) is 6.73. The van der Waals surface area contributed by atoms with Crippen molar-refractivity contribution >= 4 is 11.6 Å². The van der Waals surface area contributed by atoms with Crippen LogP contribution in [-0.2, 0) is 6.54 Å². The molecule has 3 rings (SSSR count). The molecule has 0 aromatic heterocycles. The first-order valence-corrected chi connectivity index (χ1v) is 7.43. The number of likely N-dealkylation sites (tertiary alicyclic amines) is 1. The lowest BCUT2D eigenvalue weighted by Crippen LogP contribution is -2.36. The van der Waals surface area contributed by atoms with Gasteiger partial charge >= 0.3 is 0 Å². The third kappa shape index (κ3) is 2.73. The van der Waals surface area contributed by atoms with E-state index in [9.17, 15) is 5.11 Å². The lowest BCUT2D eigenvalue weighted by atomic mass is 10.1. The fourth-order valence-electron chi connectivity index (χ4n) is 3.44. The Hall–Kier alpha value is -0.770. The molecule has 0 spiro atoms. The zero-order valence-corrected chi connectivity index (χ0v) is 12.1. The average Bonchev–Trinajstić information content (AvgIpc) is 2.62. The number of fused-ring (bicyclic) bond motifs is 2. The third-order valence-corrected chi connectivity index (χ3v) is 4.90. The Kier molecular flexibility index (Phi) is 3.70. The molecule has 0 saturated carbocycles. The Labute approximate surface area is 119 Å². The Bertz CT molecular complexity index is 465. The second kappa shape index (κ2) is 5.31. The van der Waals surface area contributed by atoms with Crippen molar-refractivity contribution in [1.29, 1.82) is 0 Å². The van der Waals surface area contributed by atoms with E-state index in [1.807, 2.05) is 6.07 Å². The molecule has 2 bridgehead atoms. The normalized spacial score (nSPS) is 28.5. The molecule has 0 aliphatic carbocycles. The summed E-state index contributed by atoms with van der Waals surface area (Å²) in [6.07, 6.45) is 3.88. The molecule has 2 heterocycles. The van der Waals surface area contributed by atoms with Gasteiger partial charge in [0.25, 0.3) is 0 Å². The molecule has 4 heteroatoms. The summed E-state index contributed by atoms with van der Waals surface area (Å²) in [7, 11) is 2.25. The van der Waals surface area contributed by atoms with Gasteiger partial charge in [-0.25, -0.2) is 0 Å². The quantitative estimate of drug-likeness (QED) is 0.902. The van der Waals surface area contributed by atoms with Crippen LogP contribution in [0.1, 0.15) is 24.8 Å². The summed E-state index contributed by atoms with van der Waals surface area (Å²) in [6.45, 7) is 3.00. The van der Waals surface area contributed by atoms with Crippen LogP contribution in [0.2, 0.25) is 5.02 Å². The predicted molar refractivity (Wildman–Crippen MR) is 77.6 cm³/mol. The highest BCUT2D eigenvalue weighted by Crippen LogP contribution is 2.30. The van der Waals surface area contributed by atoms with Crippen molar-refractivity contribution in [2.45, 2.75) is 37.9 Å². The van der Waals surface area contributed by atoms with E-state index in [1.54, 1.807) is 12.1 Å². The Balaban J connectivity index is 1.72. The highest BCUT2D eigenvalue weighted by Gasteiger charge is 2.34. The molecule has 2 unspecified atom stereocenters. The molecule has 0 radical (unpaired) electrons. The van der Waals surface area contributed by atoms with Gasteiger partial charge in [-0.15, -0.1) is 0 Å². The third-order valence-electron chi connectivity index (χ3n) is 4.67. The van der Waals surface area contributed by atoms with Crippen molar-refractivity contribution in [2.75, 3.05) is 20.1 Å². The smallest absolute Gasteiger partial charge is 0.120 e. The van der Waals surface area contributed by atoms with Gasteiger partial charge < -0.3 is 5.11 Å². The zero-order chi connectivity index (χ0) is 13.4. The van der Waals surface area contributed by atoms with E-state index in [1.165, 1.54) is 19.3 Å². The fourth-order valence-corrected chi connectivity index (χ4v) is 3.64. The van der Waals surface area contributed by atoms with Crippen LogP contribution in [0.25, 0.3) is 0 Å². The van der Waals surface area contributed by atoms with Gasteiger partial charge in [-0.2, -0.15) is 0 Å². The van der Waals surface area contributed by atoms with Crippen molar-refractivity contribution in [3.63, 3.8) is 0 Å². The summed E-state index contributed by atoms with van der Waals surface area (Å²) in [4.78, 5) is 4.99. The van der Waals surface area contributed by atoms with E-state index in [2.05, 4.69) is 16.8 Å². The lowest BCUT2D eigenvalue weighted by Gasteiger charge is -2.26. The number of halogens is 1. The minimum atomic E-state index is 0.354. The number of benzene rings is 1. The van der Waals surface area contributed by atoms with Gasteiger partial charge in [0.05, 0.1) is 0 Å². The van der Waals surface area contributed by atoms with Crippen LogP contribution in [0.15, 0.2) is 18.2 Å². The Morgan fingerprint density at radius 3 is 2.89 bits per heavy atom. The van der Waals surface area contributed by atoms with E-state index >= 15 is 0 Å². The monoisotopic (exact) mass is 280 g/mol. The number of nitrogens with zero attached hydrogens (tertiary/aromatic N) is 2. The van der Waals surface area contributed by atoms with Crippen LogP contribution in [0.5, 0.6) is 5.75 Å². The van der Waals surface area contributed by atoms with Crippen molar-refractivity contribution in [3.05, 3.63) is 28.8 Å². The van der Waals surface area contributed by atoms with Gasteiger partial charge in [0.2, 0.25) is 0 Å². The number of phenols is 1. The molecular weight excluding hydrogens is 260 g/mol. The second-order valence-corrected chi connectivity index (χ2v) is 6.28. The SMILES string of the molecule is CN1C2CCC1CN(Cc1cc(Cl)ccc1O)CC2. The summed E-state index contributed by atoms with van der Waals surface area (Å²) < 4.78 is 0. The molecule has 1 aromatic carbocycles. The van der Waals surface area contributed by atoms with Crippen LogP contribution in [-0.4, -0.2) is 47.1 Å². The zero-order valence-electron chi connectivity index (χ0n) is 11.3. The summed E-state index contributed by atoms with van der Waals surface area (Å²) in [5.74, 6) is 0.354. The van der Waals surface area contributed by atoms with Crippen molar-refractivity contribution in [3.8, 4) is 5.75 Å². The maximum atomic E-state index is 9.92. The molecule has 2 aliphatic heterocycles. The van der Waals surface area contributed by atoms with E-state index < -0.39 is 0 Å². The van der Waals surface area contributed by atoms with E-state index in [-0.39, 0.29) is 0 Å². The maximum Gasteiger partial charge on any atom is 0.120 e. The first-order chi connectivity index (χ1) is 9.13. The number of rotatable bonds is 2. The van der Waals surface area contributed by atoms with Crippen LogP contribution >= 0.6 is 11.6 Å². The van der Waals surface area contributed by atoms with Gasteiger partial charge in [0, 0.05) is 42.3 Å². The largest absolute Gasteiger partial charge is 0.508 e. The molecule has 104 valence electrons. The van der Waals surface area contributed by atoms with Crippen molar-refractivity contribution in [2.24, 2.45) is 0 Å². The molecule has 2 saturated heterocycles. The topological polar surface area (TPSA) is 26.7 Å². The van der Waals surface area contributed by atoms with Gasteiger partial charge in [0.1, 0.15) is 5.75 Å². The Morgan fingerprint density at radius 1 is 1.26 bits per heavy atom. The fraction of sp³-hybridized carbons (Fsp3) is 0.600. The first-order valence-electron chi connectivity index (χ1n) is 7.05. The molecule has 0 amide bonds. The summed E-state index contributed by atoms with van der Waals surface area (Å²) in [5.41, 5.74) is 0.938. The average molecular weight is 281 g/mol. The van der Waals surface area contributed by atoms with E-state index in [4.69, 9.17) is 11.6 Å². The van der Waals surface area contributed by atoms with Crippen LogP contribution in [0.4, 0.5) is 0 Å². The van der Waals surface area contributed by atoms with Crippen LogP contribution < -0.4 is 0 Å². The Morgan fingerprint density at radius 2 is 2.05 bits per heavy atom. The van der Waals surface area contributed by atoms with Crippen molar-refractivity contribution in [1.82, 2.24) is 9.80 Å². The number of aromatic hydroxyl groups is 1. The number of hydrogen-bond acceptors (Lipinski definition) is 3. The minimum absolute atomic E-state index is 0.354. The van der Waals surface area contributed by atoms with Crippen LogP contribution in [0.3, 0.4) is 0 Å². The maximum absolute atomic E-state index is 9.92. The highest BCUT2D eigenvalue weighted by atomic mass is 35.5. The molecule has 19 heavy (non-hydrogen) atoms. The van der Waals surface area contributed by atoms with Crippen LogP contribution in [0, 0.1) is 0 Å². The number of phenolic OH excluding ortho intramolecular Hbond substituents is 1. The van der Waals surface area contributed by atoms with E-state index in [0.29, 0.717) is 16.8 Å². The summed E-state index contributed by atoms with van der Waals surface area (Å²) >= 11 is 6.02.